The Bertz CT molecular complexity index is 790. The first-order chi connectivity index (χ1) is 10.0. The fourth-order valence-electron chi connectivity index (χ4n) is 2.56. The van der Waals surface area contributed by atoms with Crippen LogP contribution in [-0.4, -0.2) is 15.0 Å². The SMILES string of the molecule is NCc1ccc(S(=O)(=O)N2CCc3ccccc32)c(F)c1. The number of rotatable bonds is 3. The molecule has 1 aliphatic rings. The summed E-state index contributed by atoms with van der Waals surface area (Å²) in [6.07, 6.45) is 0.637. The van der Waals surface area contributed by atoms with Crippen molar-refractivity contribution in [3.05, 3.63) is 59.4 Å². The second kappa shape index (κ2) is 5.13. The summed E-state index contributed by atoms with van der Waals surface area (Å²) >= 11 is 0. The van der Waals surface area contributed by atoms with Crippen molar-refractivity contribution in [3.63, 3.8) is 0 Å². The van der Waals surface area contributed by atoms with Gasteiger partial charge in [0.1, 0.15) is 10.7 Å². The van der Waals surface area contributed by atoms with E-state index in [1.807, 2.05) is 12.1 Å². The van der Waals surface area contributed by atoms with E-state index in [-0.39, 0.29) is 11.4 Å². The third-order valence-electron chi connectivity index (χ3n) is 3.64. The number of fused-ring (bicyclic) bond motifs is 1. The summed E-state index contributed by atoms with van der Waals surface area (Å²) in [7, 11) is -3.89. The molecule has 0 aliphatic carbocycles. The van der Waals surface area contributed by atoms with Crippen molar-refractivity contribution in [2.24, 2.45) is 5.73 Å². The first-order valence-corrected chi connectivity index (χ1v) is 8.07. The average Bonchev–Trinajstić information content (AvgIpc) is 2.91. The standard InChI is InChI=1S/C15H15FN2O2S/c16-13-9-11(10-17)5-6-15(13)21(19,20)18-8-7-12-3-1-2-4-14(12)18/h1-6,9H,7-8,10,17H2. The van der Waals surface area contributed by atoms with E-state index in [0.29, 0.717) is 24.2 Å². The number of benzene rings is 2. The minimum Gasteiger partial charge on any atom is -0.326 e. The summed E-state index contributed by atoms with van der Waals surface area (Å²) in [5.41, 5.74) is 7.58. The fourth-order valence-corrected chi connectivity index (χ4v) is 4.11. The summed E-state index contributed by atoms with van der Waals surface area (Å²) in [5.74, 6) is -0.762. The van der Waals surface area contributed by atoms with Crippen LogP contribution in [0.4, 0.5) is 10.1 Å². The third kappa shape index (κ3) is 2.30. The molecule has 1 heterocycles. The van der Waals surface area contributed by atoms with E-state index >= 15 is 0 Å². The second-order valence-corrected chi connectivity index (χ2v) is 6.76. The summed E-state index contributed by atoms with van der Waals surface area (Å²) in [6, 6.07) is 11.3. The lowest BCUT2D eigenvalue weighted by molar-refractivity contribution is 0.563. The Morgan fingerprint density at radius 3 is 2.67 bits per heavy atom. The predicted octanol–water partition coefficient (Wildman–Crippen LogP) is 2.04. The molecule has 4 nitrogen and oxygen atoms in total. The zero-order valence-electron chi connectivity index (χ0n) is 11.3. The first kappa shape index (κ1) is 14.0. The molecule has 2 aromatic carbocycles. The van der Waals surface area contributed by atoms with Crippen LogP contribution >= 0.6 is 0 Å². The van der Waals surface area contributed by atoms with Crippen molar-refractivity contribution < 1.29 is 12.8 Å². The normalized spacial score (nSPS) is 14.3. The quantitative estimate of drug-likeness (QED) is 0.944. The summed E-state index contributed by atoms with van der Waals surface area (Å²) in [4.78, 5) is -0.309. The molecule has 0 bridgehead atoms. The summed E-state index contributed by atoms with van der Waals surface area (Å²) in [6.45, 7) is 0.504. The van der Waals surface area contributed by atoms with Gasteiger partial charge in [-0.05, 0) is 35.7 Å². The Morgan fingerprint density at radius 1 is 1.19 bits per heavy atom. The van der Waals surface area contributed by atoms with Gasteiger partial charge >= 0.3 is 0 Å². The number of para-hydroxylation sites is 1. The number of halogens is 1. The van der Waals surface area contributed by atoms with Gasteiger partial charge in [0, 0.05) is 13.1 Å². The van der Waals surface area contributed by atoms with Gasteiger partial charge in [-0.2, -0.15) is 0 Å². The Balaban J connectivity index is 2.06. The monoisotopic (exact) mass is 306 g/mol. The molecule has 0 saturated carbocycles. The van der Waals surface area contributed by atoms with E-state index in [1.54, 1.807) is 12.1 Å². The number of hydrogen-bond acceptors (Lipinski definition) is 3. The lowest BCUT2D eigenvalue weighted by atomic mass is 10.2. The van der Waals surface area contributed by atoms with Gasteiger partial charge in [-0.1, -0.05) is 24.3 Å². The molecular weight excluding hydrogens is 291 g/mol. The first-order valence-electron chi connectivity index (χ1n) is 6.63. The molecule has 6 heteroatoms. The highest BCUT2D eigenvalue weighted by molar-refractivity contribution is 7.92. The number of nitrogens with two attached hydrogens (primary N) is 1. The Labute approximate surface area is 123 Å². The van der Waals surface area contributed by atoms with Crippen molar-refractivity contribution in [1.29, 1.82) is 0 Å². The average molecular weight is 306 g/mol. The molecule has 0 radical (unpaired) electrons. The molecule has 0 amide bonds. The Morgan fingerprint density at radius 2 is 1.95 bits per heavy atom. The molecule has 2 aromatic rings. The maximum absolute atomic E-state index is 14.1. The van der Waals surface area contributed by atoms with Gasteiger partial charge < -0.3 is 5.73 Å². The van der Waals surface area contributed by atoms with Crippen LogP contribution < -0.4 is 10.0 Å². The molecule has 21 heavy (non-hydrogen) atoms. The molecule has 0 unspecified atom stereocenters. The molecule has 2 N–H and O–H groups in total. The van der Waals surface area contributed by atoms with E-state index in [4.69, 9.17) is 5.73 Å². The third-order valence-corrected chi connectivity index (χ3v) is 5.49. The van der Waals surface area contributed by atoms with E-state index in [0.717, 1.165) is 5.56 Å². The van der Waals surface area contributed by atoms with Crippen LogP contribution in [0.25, 0.3) is 0 Å². The van der Waals surface area contributed by atoms with Gasteiger partial charge in [-0.15, -0.1) is 0 Å². The van der Waals surface area contributed by atoms with Crippen LogP contribution in [0.2, 0.25) is 0 Å². The molecule has 110 valence electrons. The van der Waals surface area contributed by atoms with Crippen molar-refractivity contribution in [3.8, 4) is 0 Å². The van der Waals surface area contributed by atoms with Crippen LogP contribution in [0.15, 0.2) is 47.4 Å². The maximum Gasteiger partial charge on any atom is 0.267 e. The molecular formula is C15H15FN2O2S. The lowest BCUT2D eigenvalue weighted by Gasteiger charge is -2.20. The maximum atomic E-state index is 14.1. The van der Waals surface area contributed by atoms with Crippen LogP contribution in [-0.2, 0) is 23.0 Å². The molecule has 3 rings (SSSR count). The van der Waals surface area contributed by atoms with Gasteiger partial charge in [0.25, 0.3) is 10.0 Å². The summed E-state index contributed by atoms with van der Waals surface area (Å²) < 4.78 is 40.7. The van der Waals surface area contributed by atoms with Crippen molar-refractivity contribution in [1.82, 2.24) is 0 Å². The molecule has 0 saturated heterocycles. The van der Waals surface area contributed by atoms with Crippen LogP contribution in [0.3, 0.4) is 0 Å². The zero-order valence-corrected chi connectivity index (χ0v) is 12.1. The molecule has 0 atom stereocenters. The molecule has 0 fully saturated rings. The minimum atomic E-state index is -3.89. The van der Waals surface area contributed by atoms with Gasteiger partial charge in [-0.25, -0.2) is 12.8 Å². The molecule has 0 aromatic heterocycles. The van der Waals surface area contributed by atoms with Crippen LogP contribution in [0.5, 0.6) is 0 Å². The Hall–Kier alpha value is -1.92. The van der Waals surface area contributed by atoms with Gasteiger partial charge in [0.05, 0.1) is 5.69 Å². The topological polar surface area (TPSA) is 63.4 Å². The number of hydrogen-bond donors (Lipinski definition) is 1. The second-order valence-electron chi connectivity index (χ2n) is 4.92. The van der Waals surface area contributed by atoms with Gasteiger partial charge in [0.2, 0.25) is 0 Å². The highest BCUT2D eigenvalue weighted by Gasteiger charge is 2.32. The summed E-state index contributed by atoms with van der Waals surface area (Å²) in [5, 5.41) is 0. The number of nitrogens with zero attached hydrogens (tertiary/aromatic N) is 1. The van der Waals surface area contributed by atoms with Crippen molar-refractivity contribution in [2.75, 3.05) is 10.8 Å². The van der Waals surface area contributed by atoms with Crippen molar-refractivity contribution in [2.45, 2.75) is 17.9 Å². The smallest absolute Gasteiger partial charge is 0.267 e. The van der Waals surface area contributed by atoms with Crippen molar-refractivity contribution >= 4 is 15.7 Å². The van der Waals surface area contributed by atoms with Crippen LogP contribution in [0, 0.1) is 5.82 Å². The largest absolute Gasteiger partial charge is 0.326 e. The van der Waals surface area contributed by atoms with E-state index in [9.17, 15) is 12.8 Å². The predicted molar refractivity (Wildman–Crippen MR) is 79.0 cm³/mol. The van der Waals surface area contributed by atoms with Crippen LogP contribution in [0.1, 0.15) is 11.1 Å². The van der Waals surface area contributed by atoms with E-state index in [1.165, 1.54) is 22.5 Å². The number of sulfonamides is 1. The fraction of sp³-hybridized carbons (Fsp3) is 0.200. The highest BCUT2D eigenvalue weighted by Crippen LogP contribution is 2.33. The Kier molecular flexibility index (Phi) is 3.43. The highest BCUT2D eigenvalue weighted by atomic mass is 32.2. The van der Waals surface area contributed by atoms with E-state index < -0.39 is 15.8 Å². The number of anilines is 1. The zero-order chi connectivity index (χ0) is 15.0. The molecule has 0 spiro atoms. The lowest BCUT2D eigenvalue weighted by Crippen LogP contribution is -2.29. The van der Waals surface area contributed by atoms with Gasteiger partial charge in [0.15, 0.2) is 0 Å². The minimum absolute atomic E-state index is 0.170. The molecule has 1 aliphatic heterocycles. The van der Waals surface area contributed by atoms with E-state index in [2.05, 4.69) is 0 Å². The van der Waals surface area contributed by atoms with Gasteiger partial charge in [-0.3, -0.25) is 4.31 Å².